The third-order valence-corrected chi connectivity index (χ3v) is 11.1. The fourth-order valence-corrected chi connectivity index (χ4v) is 8.97. The van der Waals surface area contributed by atoms with Crippen molar-refractivity contribution in [2.75, 3.05) is 6.61 Å². The van der Waals surface area contributed by atoms with Crippen LogP contribution in [0, 0.1) is 29.4 Å². The van der Waals surface area contributed by atoms with Gasteiger partial charge in [-0.2, -0.15) is 22.0 Å². The predicted molar refractivity (Wildman–Crippen MR) is 118 cm³/mol. The van der Waals surface area contributed by atoms with Crippen molar-refractivity contribution in [2.45, 2.75) is 88.5 Å². The Balaban J connectivity index is 1.49. The lowest BCUT2D eigenvalue weighted by Gasteiger charge is -2.37. The molecule has 1 aliphatic heterocycles. The summed E-state index contributed by atoms with van der Waals surface area (Å²) in [6.45, 7) is 2.43. The van der Waals surface area contributed by atoms with E-state index in [4.69, 9.17) is 4.74 Å². The van der Waals surface area contributed by atoms with Gasteiger partial charge in [0.25, 0.3) is 6.17 Å². The summed E-state index contributed by atoms with van der Waals surface area (Å²) in [7, 11) is -0.515. The number of alkyl halides is 6. The van der Waals surface area contributed by atoms with E-state index in [9.17, 15) is 35.1 Å². The van der Waals surface area contributed by atoms with Crippen LogP contribution in [0.2, 0.25) is 18.1 Å². The molecule has 2 fully saturated rings. The maximum atomic E-state index is 14.1. The maximum Gasteiger partial charge on any atom is 0.439 e. The Morgan fingerprint density at radius 3 is 1.97 bits per heavy atom. The van der Waals surface area contributed by atoms with Crippen LogP contribution in [0.4, 0.5) is 35.1 Å². The van der Waals surface area contributed by atoms with Crippen molar-refractivity contribution in [1.82, 2.24) is 0 Å². The monoisotopic (exact) mass is 532 g/mol. The first-order chi connectivity index (χ1) is 16.4. The van der Waals surface area contributed by atoms with Gasteiger partial charge in [-0.3, -0.25) is 0 Å². The molecular weight excluding hydrogens is 500 g/mol. The van der Waals surface area contributed by atoms with Gasteiger partial charge in [-0.05, 0) is 43.4 Å². The Labute approximate surface area is 202 Å². The summed E-state index contributed by atoms with van der Waals surface area (Å²) in [6, 6.07) is 5.40. The van der Waals surface area contributed by atoms with Crippen LogP contribution in [-0.2, 0) is 0 Å². The Hall–Kier alpha value is -1.52. The molecule has 0 amide bonds. The molecule has 1 heterocycles. The third kappa shape index (κ3) is 7.49. The molecule has 0 radical (unpaired) electrons. The molecule has 1 unspecified atom stereocenters. The van der Waals surface area contributed by atoms with E-state index in [0.29, 0.717) is 18.1 Å². The van der Waals surface area contributed by atoms with Gasteiger partial charge in [0, 0.05) is 20.9 Å². The van der Waals surface area contributed by atoms with Crippen molar-refractivity contribution >= 4 is 8.80 Å². The zero-order chi connectivity index (χ0) is 25.8. The van der Waals surface area contributed by atoms with Gasteiger partial charge in [-0.25, -0.2) is 13.2 Å². The summed E-state index contributed by atoms with van der Waals surface area (Å²) in [6.07, 6.45) is -8.25. The third-order valence-electron chi connectivity index (χ3n) is 7.42. The molecule has 1 aromatic carbocycles. The average Bonchev–Trinajstić information content (AvgIpc) is 2.80. The highest BCUT2D eigenvalue weighted by atomic mass is 28.3. The standard InChI is InChI=1S/C24H32F8O2Si/c1-2-9-35-10-7-17(8-11-35)16-5-3-15(4-6-16)14-33-18-12-19(25)21(20(26)13-18)34-24(31,32)22(27)23(28,29)30/h12-13,15-17,22,35H,2-11,14H2,1H3. The Kier molecular flexibility index (Phi) is 9.37. The lowest BCUT2D eigenvalue weighted by molar-refractivity contribution is -0.306. The number of hydrogen-bond acceptors (Lipinski definition) is 2. The summed E-state index contributed by atoms with van der Waals surface area (Å²) in [5, 5.41) is 0. The largest absolute Gasteiger partial charge is 0.493 e. The quantitative estimate of drug-likeness (QED) is 0.237. The lowest BCUT2D eigenvalue weighted by atomic mass is 9.74. The second-order valence-corrected chi connectivity index (χ2v) is 13.4. The number of ether oxygens (including phenoxy) is 2. The van der Waals surface area contributed by atoms with Crippen LogP contribution in [0.1, 0.15) is 51.9 Å². The number of hydrogen-bond donors (Lipinski definition) is 0. The van der Waals surface area contributed by atoms with Crippen molar-refractivity contribution in [2.24, 2.45) is 17.8 Å². The molecule has 0 spiro atoms. The second kappa shape index (κ2) is 11.7. The minimum atomic E-state index is -5.96. The number of rotatable bonds is 9. The first-order valence-electron chi connectivity index (χ1n) is 12.3. The zero-order valence-corrected chi connectivity index (χ0v) is 20.8. The van der Waals surface area contributed by atoms with Gasteiger partial charge in [0.2, 0.25) is 0 Å². The Morgan fingerprint density at radius 2 is 1.46 bits per heavy atom. The molecule has 2 nitrogen and oxygen atoms in total. The fourth-order valence-electron chi connectivity index (χ4n) is 5.49. The van der Waals surface area contributed by atoms with E-state index in [-0.39, 0.29) is 18.3 Å². The fraction of sp³-hybridized carbons (Fsp3) is 0.750. The molecule has 0 bridgehead atoms. The summed E-state index contributed by atoms with van der Waals surface area (Å²) < 4.78 is 114. The van der Waals surface area contributed by atoms with E-state index >= 15 is 0 Å². The smallest absolute Gasteiger partial charge is 0.439 e. The lowest BCUT2D eigenvalue weighted by Crippen LogP contribution is -2.46. The minimum Gasteiger partial charge on any atom is -0.493 e. The minimum absolute atomic E-state index is 0.179. The van der Waals surface area contributed by atoms with Crippen LogP contribution in [0.3, 0.4) is 0 Å². The van der Waals surface area contributed by atoms with Gasteiger partial charge in [0.1, 0.15) is 5.75 Å². The Bertz CT molecular complexity index is 795. The summed E-state index contributed by atoms with van der Waals surface area (Å²) in [4.78, 5) is 0. The molecule has 2 aliphatic rings. The molecular formula is C24H32F8O2Si. The van der Waals surface area contributed by atoms with Gasteiger partial charge < -0.3 is 9.47 Å². The normalized spacial score (nSPS) is 26.9. The van der Waals surface area contributed by atoms with Gasteiger partial charge >= 0.3 is 12.3 Å². The molecule has 1 saturated heterocycles. The first kappa shape index (κ1) is 28.1. The topological polar surface area (TPSA) is 18.5 Å². The van der Waals surface area contributed by atoms with Crippen LogP contribution in [0.15, 0.2) is 12.1 Å². The average molecular weight is 533 g/mol. The summed E-state index contributed by atoms with van der Waals surface area (Å²) in [5.74, 6) is -3.85. The molecule has 1 aromatic rings. The molecule has 0 aromatic heterocycles. The molecule has 1 atom stereocenters. The van der Waals surface area contributed by atoms with Crippen LogP contribution >= 0.6 is 0 Å². The highest BCUT2D eigenvalue weighted by molar-refractivity contribution is 6.58. The molecule has 1 saturated carbocycles. The van der Waals surface area contributed by atoms with E-state index in [1.807, 2.05) is 0 Å². The van der Waals surface area contributed by atoms with E-state index in [1.165, 1.54) is 37.4 Å². The van der Waals surface area contributed by atoms with Crippen LogP contribution in [0.5, 0.6) is 11.5 Å². The predicted octanol–water partition coefficient (Wildman–Crippen LogP) is 8.07. The SMILES string of the molecule is CCC[SiH]1CCC(C2CCC(COc3cc(F)c(OC(F)(F)C(F)C(F)(F)F)c(F)c3)CC2)CC1. The first-order valence-corrected chi connectivity index (χ1v) is 14.7. The highest BCUT2D eigenvalue weighted by Crippen LogP contribution is 2.42. The van der Waals surface area contributed by atoms with Crippen molar-refractivity contribution in [3.8, 4) is 11.5 Å². The van der Waals surface area contributed by atoms with Gasteiger partial charge in [-0.15, -0.1) is 0 Å². The van der Waals surface area contributed by atoms with E-state index < -0.39 is 44.6 Å². The van der Waals surface area contributed by atoms with E-state index in [0.717, 1.165) is 31.6 Å². The van der Waals surface area contributed by atoms with Gasteiger partial charge in [0.05, 0.1) is 6.61 Å². The van der Waals surface area contributed by atoms with Crippen molar-refractivity contribution in [3.63, 3.8) is 0 Å². The van der Waals surface area contributed by atoms with Crippen molar-refractivity contribution < 1.29 is 44.6 Å². The molecule has 35 heavy (non-hydrogen) atoms. The molecule has 0 N–H and O–H groups in total. The van der Waals surface area contributed by atoms with Crippen LogP contribution < -0.4 is 9.47 Å². The van der Waals surface area contributed by atoms with Crippen LogP contribution in [-0.4, -0.2) is 33.9 Å². The molecule has 200 valence electrons. The number of halogens is 8. The second-order valence-electron chi connectivity index (χ2n) is 9.95. The number of benzene rings is 1. The highest BCUT2D eigenvalue weighted by Gasteiger charge is 2.59. The van der Waals surface area contributed by atoms with E-state index in [1.54, 1.807) is 0 Å². The van der Waals surface area contributed by atoms with Gasteiger partial charge in [-0.1, -0.05) is 44.3 Å². The van der Waals surface area contributed by atoms with Crippen molar-refractivity contribution in [3.05, 3.63) is 23.8 Å². The molecule has 1 aliphatic carbocycles. The van der Waals surface area contributed by atoms with Crippen LogP contribution in [0.25, 0.3) is 0 Å². The Morgan fingerprint density at radius 1 is 0.914 bits per heavy atom. The molecule has 3 rings (SSSR count). The van der Waals surface area contributed by atoms with Crippen molar-refractivity contribution in [1.29, 1.82) is 0 Å². The molecule has 11 heteroatoms. The van der Waals surface area contributed by atoms with E-state index in [2.05, 4.69) is 11.7 Å². The van der Waals surface area contributed by atoms with Gasteiger partial charge in [0.15, 0.2) is 17.4 Å². The summed E-state index contributed by atoms with van der Waals surface area (Å²) >= 11 is 0. The zero-order valence-electron chi connectivity index (χ0n) is 19.7. The maximum absolute atomic E-state index is 14.1. The summed E-state index contributed by atoms with van der Waals surface area (Å²) in [5.41, 5.74) is 0.